The van der Waals surface area contributed by atoms with Gasteiger partial charge in [0, 0.05) is 6.08 Å². The molecule has 2 rings (SSSR count). The average molecular weight is 288 g/mol. The van der Waals surface area contributed by atoms with Crippen LogP contribution in [0.15, 0.2) is 30.3 Å². The molecule has 0 radical (unpaired) electrons. The third kappa shape index (κ3) is 3.72. The third-order valence-corrected chi connectivity index (χ3v) is 3.44. The monoisotopic (exact) mass is 288 g/mol. The van der Waals surface area contributed by atoms with Gasteiger partial charge in [-0.05, 0) is 50.8 Å². The van der Waals surface area contributed by atoms with Gasteiger partial charge >= 0.3 is 11.9 Å². The molecule has 0 bridgehead atoms. The molecular formula is C17H20O4. The summed E-state index contributed by atoms with van der Waals surface area (Å²) < 4.78 is 5.18. The minimum atomic E-state index is -0.764. The molecule has 0 heterocycles. The predicted molar refractivity (Wildman–Crippen MR) is 79.9 cm³/mol. The highest BCUT2D eigenvalue weighted by atomic mass is 16.6. The van der Waals surface area contributed by atoms with Crippen molar-refractivity contribution in [3.8, 4) is 0 Å². The molecule has 4 heteroatoms. The molecule has 1 N–H and O–H groups in total. The zero-order valence-corrected chi connectivity index (χ0v) is 12.6. The number of benzene rings is 1. The number of esters is 1. The van der Waals surface area contributed by atoms with Gasteiger partial charge in [-0.3, -0.25) is 4.79 Å². The van der Waals surface area contributed by atoms with Crippen LogP contribution in [-0.4, -0.2) is 22.6 Å². The van der Waals surface area contributed by atoms with Gasteiger partial charge in [-0.2, -0.15) is 0 Å². The summed E-state index contributed by atoms with van der Waals surface area (Å²) in [5.74, 6) is -1.16. The Bertz CT molecular complexity index is 572. The van der Waals surface area contributed by atoms with Crippen LogP contribution in [0.5, 0.6) is 0 Å². The highest BCUT2D eigenvalue weighted by molar-refractivity contribution is 5.87. The van der Waals surface area contributed by atoms with Crippen LogP contribution in [0.25, 0.3) is 6.08 Å². The van der Waals surface area contributed by atoms with Gasteiger partial charge in [-0.1, -0.05) is 24.3 Å². The van der Waals surface area contributed by atoms with E-state index in [-0.39, 0.29) is 0 Å². The van der Waals surface area contributed by atoms with Gasteiger partial charge in [0.2, 0.25) is 0 Å². The zero-order chi connectivity index (χ0) is 15.7. The highest BCUT2D eigenvalue weighted by Crippen LogP contribution is 2.48. The van der Waals surface area contributed by atoms with Crippen LogP contribution < -0.4 is 0 Å². The third-order valence-electron chi connectivity index (χ3n) is 3.44. The second-order valence-corrected chi connectivity index (χ2v) is 6.38. The van der Waals surface area contributed by atoms with E-state index in [4.69, 9.17) is 4.74 Å². The van der Waals surface area contributed by atoms with Crippen molar-refractivity contribution >= 4 is 18.0 Å². The van der Waals surface area contributed by atoms with Gasteiger partial charge in [-0.15, -0.1) is 0 Å². The van der Waals surface area contributed by atoms with Crippen LogP contribution in [0.1, 0.15) is 44.7 Å². The summed E-state index contributed by atoms with van der Waals surface area (Å²) in [7, 11) is 0. The molecule has 1 fully saturated rings. The molecule has 1 aromatic carbocycles. The maximum Gasteiger partial charge on any atom is 0.331 e. The van der Waals surface area contributed by atoms with Crippen molar-refractivity contribution in [3.63, 3.8) is 0 Å². The zero-order valence-electron chi connectivity index (χ0n) is 12.6. The van der Waals surface area contributed by atoms with Crippen molar-refractivity contribution in [1.82, 2.24) is 0 Å². The summed E-state index contributed by atoms with van der Waals surface area (Å²) in [6, 6.07) is 7.27. The molecule has 0 amide bonds. The Morgan fingerprint density at radius 3 is 2.19 bits per heavy atom. The maximum atomic E-state index is 11.6. The van der Waals surface area contributed by atoms with Crippen LogP contribution in [0, 0.1) is 0 Å². The molecule has 21 heavy (non-hydrogen) atoms. The van der Waals surface area contributed by atoms with E-state index in [1.165, 1.54) is 6.08 Å². The van der Waals surface area contributed by atoms with Gasteiger partial charge in [0.25, 0.3) is 0 Å². The number of aliphatic carboxylic acids is 1. The number of carbonyl (C=O) groups excluding carboxylic acids is 1. The molecule has 1 aliphatic rings. The topological polar surface area (TPSA) is 63.6 Å². The fourth-order valence-corrected chi connectivity index (χ4v) is 2.16. The van der Waals surface area contributed by atoms with Crippen LogP contribution in [0.2, 0.25) is 0 Å². The number of ether oxygens (including phenoxy) is 1. The van der Waals surface area contributed by atoms with E-state index >= 15 is 0 Å². The molecule has 0 saturated heterocycles. The molecule has 0 atom stereocenters. The average Bonchev–Trinajstić information content (AvgIpc) is 3.16. The van der Waals surface area contributed by atoms with Crippen molar-refractivity contribution in [2.45, 2.75) is 44.6 Å². The van der Waals surface area contributed by atoms with Gasteiger partial charge in [0.05, 0.1) is 5.41 Å². The standard InChI is InChI=1S/C17H20O4/c1-16(2,3)21-14(18)9-6-12-4-7-13(8-5-12)17(10-11-17)15(19)20/h4-9H,10-11H2,1-3H3,(H,19,20)/b9-6+. The first-order chi connectivity index (χ1) is 9.73. The van der Waals surface area contributed by atoms with Crippen molar-refractivity contribution in [2.75, 3.05) is 0 Å². The SMILES string of the molecule is CC(C)(C)OC(=O)/C=C/c1ccc(C2(C(=O)O)CC2)cc1. The van der Waals surface area contributed by atoms with E-state index in [1.54, 1.807) is 6.08 Å². The lowest BCUT2D eigenvalue weighted by atomic mass is 9.95. The fourth-order valence-electron chi connectivity index (χ4n) is 2.16. The molecule has 112 valence electrons. The van der Waals surface area contributed by atoms with Crippen molar-refractivity contribution in [2.24, 2.45) is 0 Å². The van der Waals surface area contributed by atoms with Gasteiger partial charge in [0.15, 0.2) is 0 Å². The number of carboxylic acids is 1. The van der Waals surface area contributed by atoms with Crippen LogP contribution in [0.3, 0.4) is 0 Å². The van der Waals surface area contributed by atoms with Gasteiger partial charge in [-0.25, -0.2) is 4.79 Å². The largest absolute Gasteiger partial charge is 0.481 e. The fraction of sp³-hybridized carbons (Fsp3) is 0.412. The number of carbonyl (C=O) groups is 2. The molecular weight excluding hydrogens is 268 g/mol. The molecule has 0 aromatic heterocycles. The first-order valence-corrected chi connectivity index (χ1v) is 6.98. The van der Waals surface area contributed by atoms with E-state index in [9.17, 15) is 14.7 Å². The Morgan fingerprint density at radius 1 is 1.19 bits per heavy atom. The Labute approximate surface area is 124 Å². The predicted octanol–water partition coefficient (Wildman–Crippen LogP) is 3.16. The Balaban J connectivity index is 2.03. The Hall–Kier alpha value is -2.10. The van der Waals surface area contributed by atoms with E-state index in [0.29, 0.717) is 12.8 Å². The molecule has 1 aromatic rings. The first-order valence-electron chi connectivity index (χ1n) is 6.98. The van der Waals surface area contributed by atoms with E-state index in [0.717, 1.165) is 11.1 Å². The Morgan fingerprint density at radius 2 is 1.76 bits per heavy atom. The summed E-state index contributed by atoms with van der Waals surface area (Å²) in [5, 5.41) is 9.24. The number of hydrogen-bond donors (Lipinski definition) is 1. The minimum absolute atomic E-state index is 0.393. The van der Waals surface area contributed by atoms with Gasteiger partial charge in [0.1, 0.15) is 5.60 Å². The Kier molecular flexibility index (Phi) is 3.90. The van der Waals surface area contributed by atoms with Crippen molar-refractivity contribution in [3.05, 3.63) is 41.5 Å². The first kappa shape index (κ1) is 15.3. The van der Waals surface area contributed by atoms with Crippen molar-refractivity contribution in [1.29, 1.82) is 0 Å². The van der Waals surface area contributed by atoms with Crippen molar-refractivity contribution < 1.29 is 19.4 Å². The minimum Gasteiger partial charge on any atom is -0.481 e. The summed E-state index contributed by atoms with van der Waals surface area (Å²) in [6.45, 7) is 5.44. The highest BCUT2D eigenvalue weighted by Gasteiger charge is 2.51. The molecule has 0 aliphatic heterocycles. The molecule has 0 spiro atoms. The number of carboxylic acid groups (broad SMARTS) is 1. The number of hydrogen-bond acceptors (Lipinski definition) is 3. The van der Waals surface area contributed by atoms with Crippen LogP contribution in [-0.2, 0) is 19.7 Å². The van der Waals surface area contributed by atoms with Crippen LogP contribution >= 0.6 is 0 Å². The smallest absolute Gasteiger partial charge is 0.331 e. The quantitative estimate of drug-likeness (QED) is 0.683. The van der Waals surface area contributed by atoms with E-state index in [1.807, 2.05) is 45.0 Å². The molecule has 0 unspecified atom stereocenters. The molecule has 1 aliphatic carbocycles. The lowest BCUT2D eigenvalue weighted by molar-refractivity contribution is -0.148. The van der Waals surface area contributed by atoms with Gasteiger partial charge < -0.3 is 9.84 Å². The molecule has 1 saturated carbocycles. The van der Waals surface area contributed by atoms with E-state index < -0.39 is 23.0 Å². The summed E-state index contributed by atoms with van der Waals surface area (Å²) in [4.78, 5) is 22.8. The maximum absolute atomic E-state index is 11.6. The summed E-state index contributed by atoms with van der Waals surface area (Å²) in [5.41, 5.74) is 0.466. The van der Waals surface area contributed by atoms with Crippen LogP contribution in [0.4, 0.5) is 0 Å². The lowest BCUT2D eigenvalue weighted by Crippen LogP contribution is -2.22. The van der Waals surface area contributed by atoms with E-state index in [2.05, 4.69) is 0 Å². The molecule has 4 nitrogen and oxygen atoms in total. The summed E-state index contributed by atoms with van der Waals surface area (Å²) >= 11 is 0. The second kappa shape index (κ2) is 5.35. The lowest BCUT2D eigenvalue weighted by Gasteiger charge is -2.17. The second-order valence-electron chi connectivity index (χ2n) is 6.38. The normalized spacial score (nSPS) is 16.7. The summed E-state index contributed by atoms with van der Waals surface area (Å²) in [6.07, 6.45) is 4.42. The number of rotatable bonds is 4.